The van der Waals surface area contributed by atoms with Crippen molar-refractivity contribution in [2.24, 2.45) is 41.4 Å². The van der Waals surface area contributed by atoms with Crippen LogP contribution in [0.5, 0.6) is 0 Å². The molecule has 4 aliphatic carbocycles. The Morgan fingerprint density at radius 3 is 2.07 bits per heavy atom. The zero-order valence-electron chi connectivity index (χ0n) is 20.8. The average molecular weight is 413 g/mol. The Bertz CT molecular complexity index is 542. The number of allylic oxidation sites excluding steroid dienone is 2. The predicted molar refractivity (Wildman–Crippen MR) is 132 cm³/mol. The number of hydrogen-bond donors (Lipinski definition) is 0. The van der Waals surface area contributed by atoms with Gasteiger partial charge in [0.2, 0.25) is 0 Å². The standard InChI is InChI=1S/C30H52/c1-4-11-23(5-2)27-14-9-10-15-29-26(24-12-7-6-8-13-24)20-21-28(30(27)29)25-18-16-22(3)17-19-25/h22-28H,4-21H2,1-3H3. The molecular weight excluding hydrogens is 360 g/mol. The fourth-order valence-electron chi connectivity index (χ4n) is 8.60. The molecule has 4 aliphatic rings. The number of rotatable bonds is 6. The first kappa shape index (κ1) is 22.9. The monoisotopic (exact) mass is 412 g/mol. The highest BCUT2D eigenvalue weighted by atomic mass is 14.5. The summed E-state index contributed by atoms with van der Waals surface area (Å²) in [7, 11) is 0. The zero-order chi connectivity index (χ0) is 20.9. The first-order chi connectivity index (χ1) is 14.7. The van der Waals surface area contributed by atoms with E-state index in [0.717, 1.165) is 41.4 Å². The molecule has 0 heterocycles. The van der Waals surface area contributed by atoms with Gasteiger partial charge in [-0.05, 0) is 99.2 Å². The molecule has 0 radical (unpaired) electrons. The van der Waals surface area contributed by atoms with Gasteiger partial charge in [-0.1, -0.05) is 89.7 Å². The summed E-state index contributed by atoms with van der Waals surface area (Å²) in [5.74, 6) is 6.93. The van der Waals surface area contributed by atoms with E-state index in [1.54, 1.807) is 25.7 Å². The quantitative estimate of drug-likeness (QED) is 0.381. The second kappa shape index (κ2) is 11.0. The highest BCUT2D eigenvalue weighted by Crippen LogP contribution is 2.54. The van der Waals surface area contributed by atoms with Gasteiger partial charge < -0.3 is 0 Å². The lowest BCUT2D eigenvalue weighted by Crippen LogP contribution is -2.35. The Labute approximate surface area is 189 Å². The van der Waals surface area contributed by atoms with Crippen LogP contribution in [0.1, 0.15) is 136 Å². The summed E-state index contributed by atoms with van der Waals surface area (Å²) in [5, 5.41) is 0. The highest BCUT2D eigenvalue weighted by molar-refractivity contribution is 5.29. The first-order valence-corrected chi connectivity index (χ1v) is 14.5. The van der Waals surface area contributed by atoms with Crippen molar-refractivity contribution in [3.8, 4) is 0 Å². The van der Waals surface area contributed by atoms with Crippen molar-refractivity contribution < 1.29 is 0 Å². The molecule has 0 aromatic carbocycles. The first-order valence-electron chi connectivity index (χ1n) is 14.5. The van der Waals surface area contributed by atoms with Crippen LogP contribution in [0.15, 0.2) is 11.1 Å². The maximum atomic E-state index is 2.50. The molecule has 0 saturated heterocycles. The summed E-state index contributed by atoms with van der Waals surface area (Å²) in [4.78, 5) is 0. The van der Waals surface area contributed by atoms with Gasteiger partial charge in [0.25, 0.3) is 0 Å². The van der Waals surface area contributed by atoms with Gasteiger partial charge in [-0.3, -0.25) is 0 Å². The van der Waals surface area contributed by atoms with Crippen LogP contribution in [-0.4, -0.2) is 0 Å². The van der Waals surface area contributed by atoms with E-state index in [9.17, 15) is 0 Å². The van der Waals surface area contributed by atoms with Gasteiger partial charge in [0, 0.05) is 0 Å². The molecule has 0 amide bonds. The molecule has 30 heavy (non-hydrogen) atoms. The van der Waals surface area contributed by atoms with E-state index in [4.69, 9.17) is 0 Å². The summed E-state index contributed by atoms with van der Waals surface area (Å²) >= 11 is 0. The lowest BCUT2D eigenvalue weighted by Gasteiger charge is -2.46. The molecule has 0 bridgehead atoms. The van der Waals surface area contributed by atoms with E-state index < -0.39 is 0 Å². The largest absolute Gasteiger partial charge is 0.0670 e. The molecular formula is C30H52. The molecule has 0 aliphatic heterocycles. The van der Waals surface area contributed by atoms with Crippen molar-refractivity contribution in [3.05, 3.63) is 11.1 Å². The van der Waals surface area contributed by atoms with Gasteiger partial charge in [-0.15, -0.1) is 0 Å². The molecule has 0 aromatic heterocycles. The summed E-state index contributed by atoms with van der Waals surface area (Å²) < 4.78 is 0. The van der Waals surface area contributed by atoms with Gasteiger partial charge >= 0.3 is 0 Å². The zero-order valence-corrected chi connectivity index (χ0v) is 20.8. The molecule has 0 nitrogen and oxygen atoms in total. The van der Waals surface area contributed by atoms with Crippen molar-refractivity contribution in [2.45, 2.75) is 136 Å². The Balaban J connectivity index is 1.68. The van der Waals surface area contributed by atoms with Crippen molar-refractivity contribution >= 4 is 0 Å². The lowest BCUT2D eigenvalue weighted by atomic mass is 9.59. The van der Waals surface area contributed by atoms with E-state index in [1.807, 2.05) is 0 Å². The van der Waals surface area contributed by atoms with Crippen molar-refractivity contribution in [1.82, 2.24) is 0 Å². The molecule has 0 N–H and O–H groups in total. The van der Waals surface area contributed by atoms with Crippen LogP contribution in [0.4, 0.5) is 0 Å². The summed E-state index contributed by atoms with van der Waals surface area (Å²) in [5.41, 5.74) is 4.20. The van der Waals surface area contributed by atoms with Crippen molar-refractivity contribution in [2.75, 3.05) is 0 Å². The van der Waals surface area contributed by atoms with E-state index in [1.165, 1.54) is 89.9 Å². The van der Waals surface area contributed by atoms with Crippen LogP contribution in [0.25, 0.3) is 0 Å². The van der Waals surface area contributed by atoms with Gasteiger partial charge in [0.15, 0.2) is 0 Å². The van der Waals surface area contributed by atoms with Crippen LogP contribution >= 0.6 is 0 Å². The molecule has 0 aromatic rings. The predicted octanol–water partition coefficient (Wildman–Crippen LogP) is 9.73. The molecule has 4 unspecified atom stereocenters. The molecule has 0 heteroatoms. The SMILES string of the molecule is CCCC(CC)C1CCCCC2=C1C(C1CCC(C)CC1)CCC2C1CCCCC1. The fraction of sp³-hybridized carbons (Fsp3) is 0.933. The van der Waals surface area contributed by atoms with Crippen LogP contribution < -0.4 is 0 Å². The maximum absolute atomic E-state index is 2.50. The van der Waals surface area contributed by atoms with E-state index in [2.05, 4.69) is 31.9 Å². The second-order valence-corrected chi connectivity index (χ2v) is 12.0. The maximum Gasteiger partial charge on any atom is -0.0169 e. The fourth-order valence-corrected chi connectivity index (χ4v) is 8.60. The molecule has 172 valence electrons. The van der Waals surface area contributed by atoms with Crippen LogP contribution in [0.2, 0.25) is 0 Å². The third-order valence-electron chi connectivity index (χ3n) is 10.2. The summed E-state index contributed by atoms with van der Waals surface area (Å²) in [6.07, 6.45) is 27.1. The lowest BCUT2D eigenvalue weighted by molar-refractivity contribution is 0.162. The van der Waals surface area contributed by atoms with Gasteiger partial charge in [-0.25, -0.2) is 0 Å². The Morgan fingerprint density at radius 2 is 1.37 bits per heavy atom. The van der Waals surface area contributed by atoms with Gasteiger partial charge in [-0.2, -0.15) is 0 Å². The summed E-state index contributed by atoms with van der Waals surface area (Å²) in [6, 6.07) is 0. The van der Waals surface area contributed by atoms with Crippen molar-refractivity contribution in [3.63, 3.8) is 0 Å². The van der Waals surface area contributed by atoms with Crippen molar-refractivity contribution in [1.29, 1.82) is 0 Å². The molecule has 2 fully saturated rings. The molecule has 4 rings (SSSR count). The number of hydrogen-bond acceptors (Lipinski definition) is 0. The van der Waals surface area contributed by atoms with E-state index in [0.29, 0.717) is 0 Å². The highest BCUT2D eigenvalue weighted by Gasteiger charge is 2.42. The van der Waals surface area contributed by atoms with E-state index in [-0.39, 0.29) is 0 Å². The van der Waals surface area contributed by atoms with Crippen LogP contribution in [0, 0.1) is 41.4 Å². The average Bonchev–Trinajstić information content (AvgIpc) is 3.01. The van der Waals surface area contributed by atoms with E-state index >= 15 is 0 Å². The minimum Gasteiger partial charge on any atom is -0.0670 e. The van der Waals surface area contributed by atoms with Gasteiger partial charge in [0.05, 0.1) is 0 Å². The molecule has 4 atom stereocenters. The second-order valence-electron chi connectivity index (χ2n) is 12.0. The summed E-state index contributed by atoms with van der Waals surface area (Å²) in [6.45, 7) is 7.44. The third-order valence-corrected chi connectivity index (χ3v) is 10.2. The molecule has 2 saturated carbocycles. The van der Waals surface area contributed by atoms with Gasteiger partial charge in [0.1, 0.15) is 0 Å². The molecule has 0 spiro atoms. The Kier molecular flexibility index (Phi) is 8.44. The topological polar surface area (TPSA) is 0 Å². The minimum absolute atomic E-state index is 0.947. The minimum atomic E-state index is 0.947. The third kappa shape index (κ3) is 5.04. The van der Waals surface area contributed by atoms with Crippen LogP contribution in [-0.2, 0) is 0 Å². The Hall–Kier alpha value is -0.260. The Morgan fingerprint density at radius 1 is 0.700 bits per heavy atom. The normalized spacial score (nSPS) is 37.5. The smallest absolute Gasteiger partial charge is 0.0169 e. The van der Waals surface area contributed by atoms with Crippen LogP contribution in [0.3, 0.4) is 0 Å².